The number of halogens is 1. The lowest BCUT2D eigenvalue weighted by Crippen LogP contribution is -2.32. The molecule has 0 N–H and O–H groups in total. The molecular formula is C28H19IN4. The van der Waals surface area contributed by atoms with Crippen molar-refractivity contribution in [2.75, 3.05) is 6.54 Å². The second-order valence-electron chi connectivity index (χ2n) is 8.50. The summed E-state index contributed by atoms with van der Waals surface area (Å²) < 4.78 is 3.52. The van der Waals surface area contributed by atoms with Crippen molar-refractivity contribution in [1.29, 1.82) is 0 Å². The molecule has 1 unspecified atom stereocenters. The van der Waals surface area contributed by atoms with Crippen LogP contribution in [0.4, 0.5) is 0 Å². The summed E-state index contributed by atoms with van der Waals surface area (Å²) in [6.07, 6.45) is 0. The van der Waals surface area contributed by atoms with Crippen molar-refractivity contribution in [2.24, 2.45) is 9.98 Å². The summed E-state index contributed by atoms with van der Waals surface area (Å²) in [4.78, 5) is 12.7. The molecule has 1 fully saturated rings. The third-order valence-electron chi connectivity index (χ3n) is 6.56. The maximum atomic E-state index is 5.21. The van der Waals surface area contributed by atoms with Crippen LogP contribution in [-0.4, -0.2) is 27.8 Å². The van der Waals surface area contributed by atoms with Crippen molar-refractivity contribution in [3.8, 4) is 0 Å². The van der Waals surface area contributed by atoms with Crippen LogP contribution in [0.25, 0.3) is 21.8 Å². The number of para-hydroxylation sites is 1. The second kappa shape index (κ2) is 7.02. The minimum Gasteiger partial charge on any atom is -0.307 e. The molecule has 4 aromatic carbocycles. The van der Waals surface area contributed by atoms with E-state index in [0.717, 1.165) is 29.4 Å². The number of hydrogen-bond donors (Lipinski definition) is 0. The standard InChI is InChI=1S/C28H19IN4/c29-21-15-16-23-22-13-7-8-14-24(22)33(25(23)17-21)27-30-26(19-9-3-1-4-10-19)31-28(18-32(27)28)20-11-5-2-6-12-20/h1-17H,18H2. The Morgan fingerprint density at radius 2 is 1.42 bits per heavy atom. The van der Waals surface area contributed by atoms with Gasteiger partial charge in [-0.25, -0.2) is 4.99 Å². The zero-order chi connectivity index (χ0) is 22.0. The third-order valence-corrected chi connectivity index (χ3v) is 7.23. The van der Waals surface area contributed by atoms with Gasteiger partial charge in [0.05, 0.1) is 17.6 Å². The van der Waals surface area contributed by atoms with Gasteiger partial charge in [-0.3, -0.25) is 4.57 Å². The fourth-order valence-electron chi connectivity index (χ4n) is 4.94. The zero-order valence-electron chi connectivity index (χ0n) is 17.7. The Bertz CT molecular complexity index is 1600. The highest BCUT2D eigenvalue weighted by Crippen LogP contribution is 2.48. The highest BCUT2D eigenvalue weighted by molar-refractivity contribution is 14.1. The molecule has 5 aromatic rings. The highest BCUT2D eigenvalue weighted by atomic mass is 127. The van der Waals surface area contributed by atoms with E-state index in [4.69, 9.17) is 9.98 Å². The lowest BCUT2D eigenvalue weighted by Gasteiger charge is -2.23. The Morgan fingerprint density at radius 3 is 2.24 bits per heavy atom. The van der Waals surface area contributed by atoms with Crippen molar-refractivity contribution in [1.82, 2.24) is 9.47 Å². The van der Waals surface area contributed by atoms with Crippen molar-refractivity contribution >= 4 is 56.2 Å². The summed E-state index contributed by atoms with van der Waals surface area (Å²) >= 11 is 2.39. The first-order chi connectivity index (χ1) is 16.2. The summed E-state index contributed by atoms with van der Waals surface area (Å²) in [5.41, 5.74) is 4.15. The van der Waals surface area contributed by atoms with Crippen LogP contribution in [0.2, 0.25) is 0 Å². The maximum absolute atomic E-state index is 5.21. The SMILES string of the molecule is Ic1ccc2c3ccccc3n(C3=NC(c4ccccc4)=NC4(c5ccccc5)CN34)c2c1. The lowest BCUT2D eigenvalue weighted by atomic mass is 10.1. The van der Waals surface area contributed by atoms with Gasteiger partial charge in [0.25, 0.3) is 0 Å². The molecule has 0 bridgehead atoms. The minimum atomic E-state index is -0.414. The molecule has 33 heavy (non-hydrogen) atoms. The molecule has 4 nitrogen and oxygen atoms in total. The quantitative estimate of drug-likeness (QED) is 0.194. The van der Waals surface area contributed by atoms with Gasteiger partial charge in [-0.1, -0.05) is 84.9 Å². The summed E-state index contributed by atoms with van der Waals surface area (Å²) in [7, 11) is 0. The number of aliphatic imine (C=N–C) groups is 2. The molecule has 3 heterocycles. The van der Waals surface area contributed by atoms with Crippen LogP contribution in [0.5, 0.6) is 0 Å². The molecule has 1 atom stereocenters. The number of rotatable bonds is 2. The second-order valence-corrected chi connectivity index (χ2v) is 9.74. The van der Waals surface area contributed by atoms with Gasteiger partial charge >= 0.3 is 0 Å². The Kier molecular flexibility index (Phi) is 4.06. The van der Waals surface area contributed by atoms with Crippen LogP contribution >= 0.6 is 22.6 Å². The van der Waals surface area contributed by atoms with Crippen LogP contribution in [-0.2, 0) is 5.66 Å². The van der Waals surface area contributed by atoms with Crippen LogP contribution < -0.4 is 0 Å². The number of fused-ring (bicyclic) bond motifs is 4. The largest absolute Gasteiger partial charge is 0.307 e. The molecular weight excluding hydrogens is 519 g/mol. The Hall–Kier alpha value is -3.45. The maximum Gasteiger partial charge on any atom is 0.215 e. The molecule has 1 aromatic heterocycles. The van der Waals surface area contributed by atoms with Crippen LogP contribution in [0.1, 0.15) is 11.1 Å². The molecule has 0 aliphatic carbocycles. The Morgan fingerprint density at radius 1 is 0.727 bits per heavy atom. The lowest BCUT2D eigenvalue weighted by molar-refractivity contribution is 0.552. The van der Waals surface area contributed by atoms with Crippen molar-refractivity contribution in [3.05, 3.63) is 118 Å². The number of aromatic nitrogens is 1. The Balaban J connectivity index is 1.53. The van der Waals surface area contributed by atoms with Crippen LogP contribution in [0.15, 0.2) is 113 Å². The van der Waals surface area contributed by atoms with Crippen molar-refractivity contribution < 1.29 is 0 Å². The molecule has 2 aliphatic rings. The van der Waals surface area contributed by atoms with Gasteiger partial charge in [-0.05, 0) is 40.8 Å². The van der Waals surface area contributed by atoms with E-state index in [1.165, 1.54) is 25.4 Å². The first-order valence-electron chi connectivity index (χ1n) is 11.0. The van der Waals surface area contributed by atoms with Crippen LogP contribution in [0.3, 0.4) is 0 Å². The van der Waals surface area contributed by atoms with E-state index in [9.17, 15) is 0 Å². The van der Waals surface area contributed by atoms with Gasteiger partial charge in [0.2, 0.25) is 5.96 Å². The number of nitrogens with zero attached hydrogens (tertiary/aromatic N) is 4. The predicted octanol–water partition coefficient (Wildman–Crippen LogP) is 6.23. The Labute approximate surface area is 205 Å². The average molecular weight is 538 g/mol. The van der Waals surface area contributed by atoms with Gasteiger partial charge in [-0.2, -0.15) is 4.99 Å². The molecule has 1 saturated heterocycles. The minimum absolute atomic E-state index is 0.414. The average Bonchev–Trinajstić information content (AvgIpc) is 3.54. The molecule has 0 radical (unpaired) electrons. The number of amidine groups is 1. The normalized spacial score (nSPS) is 19.4. The van der Waals surface area contributed by atoms with E-state index in [1.54, 1.807) is 0 Å². The number of hydrogen-bond acceptors (Lipinski definition) is 3. The molecule has 7 rings (SSSR count). The monoisotopic (exact) mass is 538 g/mol. The van der Waals surface area contributed by atoms with E-state index >= 15 is 0 Å². The molecule has 0 spiro atoms. The summed E-state index contributed by atoms with van der Waals surface area (Å²) in [6.45, 7) is 0.810. The van der Waals surface area contributed by atoms with Gasteiger partial charge in [-0.15, -0.1) is 0 Å². The molecule has 158 valence electrons. The van der Waals surface area contributed by atoms with E-state index in [1.807, 2.05) is 18.2 Å². The van der Waals surface area contributed by atoms with E-state index in [-0.39, 0.29) is 0 Å². The van der Waals surface area contributed by atoms with Crippen LogP contribution in [0, 0.1) is 3.57 Å². The van der Waals surface area contributed by atoms with Gasteiger partial charge in [0.1, 0.15) is 0 Å². The highest BCUT2D eigenvalue weighted by Gasteiger charge is 2.58. The fourth-order valence-corrected chi connectivity index (χ4v) is 5.41. The smallest absolute Gasteiger partial charge is 0.215 e. The summed E-state index contributed by atoms with van der Waals surface area (Å²) in [5, 5.41) is 2.48. The summed E-state index contributed by atoms with van der Waals surface area (Å²) in [6, 6.07) is 36.1. The van der Waals surface area contributed by atoms with Crippen molar-refractivity contribution in [3.63, 3.8) is 0 Å². The third kappa shape index (κ3) is 2.82. The van der Waals surface area contributed by atoms with Gasteiger partial charge in [0.15, 0.2) is 11.5 Å². The van der Waals surface area contributed by atoms with E-state index < -0.39 is 5.66 Å². The molecule has 5 heteroatoms. The fraction of sp³-hybridized carbons (Fsp3) is 0.0714. The van der Waals surface area contributed by atoms with E-state index in [2.05, 4.69) is 117 Å². The topological polar surface area (TPSA) is 32.7 Å². The van der Waals surface area contributed by atoms with Gasteiger partial charge in [0, 0.05) is 25.5 Å². The molecule has 2 aliphatic heterocycles. The van der Waals surface area contributed by atoms with Gasteiger partial charge < -0.3 is 4.90 Å². The number of benzene rings is 4. The molecule has 0 amide bonds. The first-order valence-corrected chi connectivity index (χ1v) is 12.1. The van der Waals surface area contributed by atoms with Crippen molar-refractivity contribution in [2.45, 2.75) is 5.66 Å². The zero-order valence-corrected chi connectivity index (χ0v) is 19.8. The summed E-state index contributed by atoms with van der Waals surface area (Å²) in [5.74, 6) is 1.71. The predicted molar refractivity (Wildman–Crippen MR) is 143 cm³/mol. The first kappa shape index (κ1) is 19.1. The molecule has 0 saturated carbocycles. The van der Waals surface area contributed by atoms with E-state index in [0.29, 0.717) is 0 Å².